The van der Waals surface area contributed by atoms with E-state index in [9.17, 15) is 9.59 Å². The Morgan fingerprint density at radius 3 is 2.52 bits per heavy atom. The molecule has 5 heteroatoms. The highest BCUT2D eigenvalue weighted by atomic mass is 16.5. The molecule has 1 aromatic heterocycles. The molecule has 0 fully saturated rings. The zero-order chi connectivity index (χ0) is 15.2. The van der Waals surface area contributed by atoms with Crippen molar-refractivity contribution in [2.75, 3.05) is 6.61 Å². The van der Waals surface area contributed by atoms with Crippen molar-refractivity contribution in [3.05, 3.63) is 52.9 Å². The van der Waals surface area contributed by atoms with Gasteiger partial charge in [-0.3, -0.25) is 4.79 Å². The summed E-state index contributed by atoms with van der Waals surface area (Å²) >= 11 is 0. The number of benzene rings is 1. The van der Waals surface area contributed by atoms with Gasteiger partial charge in [0.15, 0.2) is 5.78 Å². The quantitative estimate of drug-likeness (QED) is 0.603. The lowest BCUT2D eigenvalue weighted by atomic mass is 10.0. The minimum Gasteiger partial charge on any atom is -0.461 e. The molecule has 1 heterocycles. The number of aromatic nitrogens is 1. The normalized spacial score (nSPS) is 10.4. The molecule has 0 spiro atoms. The molecule has 0 radical (unpaired) electrons. The standard InChI is InChI=1S/C16H17NO4/c1-3-20-16(19)15-14(11(2)18)13(21-17-15)10-9-12-7-5-4-6-8-12/h4-8H,3,9-10H2,1-2H3. The molecule has 0 saturated heterocycles. The second-order valence-electron chi connectivity index (χ2n) is 4.59. The summed E-state index contributed by atoms with van der Waals surface area (Å²) in [4.78, 5) is 23.5. The Morgan fingerprint density at radius 1 is 1.19 bits per heavy atom. The SMILES string of the molecule is CCOC(=O)c1noc(CCc2ccccc2)c1C(C)=O. The van der Waals surface area contributed by atoms with Gasteiger partial charge in [-0.05, 0) is 25.8 Å². The minimum absolute atomic E-state index is 0.0348. The Bertz CT molecular complexity index is 631. The summed E-state index contributed by atoms with van der Waals surface area (Å²) in [6.45, 7) is 3.31. The van der Waals surface area contributed by atoms with Crippen molar-refractivity contribution < 1.29 is 18.8 Å². The van der Waals surface area contributed by atoms with Crippen LogP contribution in [0.25, 0.3) is 0 Å². The van der Waals surface area contributed by atoms with Gasteiger partial charge in [-0.25, -0.2) is 4.79 Å². The fourth-order valence-electron chi connectivity index (χ4n) is 2.10. The summed E-state index contributed by atoms with van der Waals surface area (Å²) in [5.41, 5.74) is 1.32. The molecule has 0 unspecified atom stereocenters. The maximum Gasteiger partial charge on any atom is 0.361 e. The van der Waals surface area contributed by atoms with E-state index in [0.717, 1.165) is 5.56 Å². The van der Waals surface area contributed by atoms with Crippen LogP contribution in [0.1, 0.15) is 46.0 Å². The molecule has 0 saturated carbocycles. The number of esters is 1. The lowest BCUT2D eigenvalue weighted by Crippen LogP contribution is -2.11. The van der Waals surface area contributed by atoms with Gasteiger partial charge >= 0.3 is 5.97 Å². The van der Waals surface area contributed by atoms with Crippen molar-refractivity contribution in [2.24, 2.45) is 0 Å². The summed E-state index contributed by atoms with van der Waals surface area (Å²) in [7, 11) is 0. The van der Waals surface area contributed by atoms with Gasteiger partial charge in [0.1, 0.15) is 5.76 Å². The fourth-order valence-corrected chi connectivity index (χ4v) is 2.10. The number of nitrogens with zero attached hydrogens (tertiary/aromatic N) is 1. The lowest BCUT2D eigenvalue weighted by Gasteiger charge is -2.01. The van der Waals surface area contributed by atoms with Crippen LogP contribution in [-0.2, 0) is 17.6 Å². The maximum atomic E-state index is 11.8. The van der Waals surface area contributed by atoms with E-state index in [0.29, 0.717) is 18.6 Å². The molecule has 0 bridgehead atoms. The highest BCUT2D eigenvalue weighted by Gasteiger charge is 2.25. The van der Waals surface area contributed by atoms with E-state index in [1.165, 1.54) is 6.92 Å². The Balaban J connectivity index is 2.20. The molecule has 2 aromatic rings. The minimum atomic E-state index is -0.627. The molecule has 0 atom stereocenters. The molecule has 1 aromatic carbocycles. The summed E-state index contributed by atoms with van der Waals surface area (Å²) in [6.07, 6.45) is 1.21. The van der Waals surface area contributed by atoms with Crippen LogP contribution >= 0.6 is 0 Å². The molecule has 5 nitrogen and oxygen atoms in total. The van der Waals surface area contributed by atoms with E-state index < -0.39 is 5.97 Å². The van der Waals surface area contributed by atoms with Crippen LogP contribution < -0.4 is 0 Å². The summed E-state index contributed by atoms with van der Waals surface area (Å²) in [5.74, 6) is -0.450. The number of aryl methyl sites for hydroxylation is 2. The Labute approximate surface area is 122 Å². The van der Waals surface area contributed by atoms with Gasteiger partial charge in [-0.1, -0.05) is 35.5 Å². The number of hydrogen-bond acceptors (Lipinski definition) is 5. The Morgan fingerprint density at radius 2 is 1.90 bits per heavy atom. The van der Waals surface area contributed by atoms with Crippen LogP contribution in [0, 0.1) is 0 Å². The number of hydrogen-bond donors (Lipinski definition) is 0. The molecule has 2 rings (SSSR count). The first-order chi connectivity index (χ1) is 10.1. The summed E-state index contributed by atoms with van der Waals surface area (Å²) < 4.78 is 10.1. The molecular formula is C16H17NO4. The number of ether oxygens (including phenoxy) is 1. The number of carbonyl (C=O) groups is 2. The van der Waals surface area contributed by atoms with E-state index in [-0.39, 0.29) is 23.6 Å². The first-order valence-electron chi connectivity index (χ1n) is 6.84. The van der Waals surface area contributed by atoms with Gasteiger partial charge < -0.3 is 9.26 Å². The predicted molar refractivity (Wildman–Crippen MR) is 76.3 cm³/mol. The van der Waals surface area contributed by atoms with Crippen molar-refractivity contribution >= 4 is 11.8 Å². The maximum absolute atomic E-state index is 11.8. The third kappa shape index (κ3) is 3.56. The molecule has 0 aliphatic carbocycles. The van der Waals surface area contributed by atoms with E-state index >= 15 is 0 Å². The molecule has 0 amide bonds. The number of Topliss-reactive ketones (excluding diaryl/α,β-unsaturated/α-hetero) is 1. The van der Waals surface area contributed by atoms with E-state index in [4.69, 9.17) is 9.26 Å². The monoisotopic (exact) mass is 287 g/mol. The average molecular weight is 287 g/mol. The predicted octanol–water partition coefficient (Wildman–Crippen LogP) is 2.84. The zero-order valence-corrected chi connectivity index (χ0v) is 12.1. The first-order valence-corrected chi connectivity index (χ1v) is 6.84. The Hall–Kier alpha value is -2.43. The summed E-state index contributed by atoms with van der Waals surface area (Å²) in [5, 5.41) is 3.70. The number of rotatable bonds is 6. The third-order valence-corrected chi connectivity index (χ3v) is 3.07. The van der Waals surface area contributed by atoms with Crippen molar-refractivity contribution in [2.45, 2.75) is 26.7 Å². The molecule has 0 aliphatic heterocycles. The zero-order valence-electron chi connectivity index (χ0n) is 12.1. The van der Waals surface area contributed by atoms with E-state index in [1.54, 1.807) is 6.92 Å². The number of carbonyl (C=O) groups excluding carboxylic acids is 2. The van der Waals surface area contributed by atoms with Gasteiger partial charge in [0.2, 0.25) is 5.69 Å². The molecule has 21 heavy (non-hydrogen) atoms. The van der Waals surface area contributed by atoms with Crippen LogP contribution in [0.2, 0.25) is 0 Å². The van der Waals surface area contributed by atoms with Crippen LogP contribution in [0.15, 0.2) is 34.9 Å². The highest BCUT2D eigenvalue weighted by molar-refractivity contribution is 6.04. The second-order valence-corrected chi connectivity index (χ2v) is 4.59. The largest absolute Gasteiger partial charge is 0.461 e. The summed E-state index contributed by atoms with van der Waals surface area (Å²) in [6, 6.07) is 9.83. The number of ketones is 1. The molecular weight excluding hydrogens is 270 g/mol. The van der Waals surface area contributed by atoms with Crippen molar-refractivity contribution in [3.63, 3.8) is 0 Å². The van der Waals surface area contributed by atoms with Crippen molar-refractivity contribution in [3.8, 4) is 0 Å². The van der Waals surface area contributed by atoms with Crippen LogP contribution in [-0.4, -0.2) is 23.5 Å². The van der Waals surface area contributed by atoms with Gasteiger partial charge in [-0.2, -0.15) is 0 Å². The van der Waals surface area contributed by atoms with Crippen LogP contribution in [0.4, 0.5) is 0 Å². The average Bonchev–Trinajstić information content (AvgIpc) is 2.90. The van der Waals surface area contributed by atoms with E-state index in [1.807, 2.05) is 30.3 Å². The third-order valence-electron chi connectivity index (χ3n) is 3.07. The van der Waals surface area contributed by atoms with Crippen molar-refractivity contribution in [1.29, 1.82) is 0 Å². The van der Waals surface area contributed by atoms with Gasteiger partial charge in [0, 0.05) is 6.42 Å². The van der Waals surface area contributed by atoms with Gasteiger partial charge in [-0.15, -0.1) is 0 Å². The van der Waals surface area contributed by atoms with Crippen LogP contribution in [0.5, 0.6) is 0 Å². The van der Waals surface area contributed by atoms with E-state index in [2.05, 4.69) is 5.16 Å². The first kappa shape index (κ1) is 15.0. The second kappa shape index (κ2) is 6.83. The molecule has 110 valence electrons. The molecule has 0 aliphatic rings. The smallest absolute Gasteiger partial charge is 0.361 e. The van der Waals surface area contributed by atoms with Crippen molar-refractivity contribution in [1.82, 2.24) is 5.16 Å². The highest BCUT2D eigenvalue weighted by Crippen LogP contribution is 2.18. The van der Waals surface area contributed by atoms with Gasteiger partial charge in [0.05, 0.1) is 12.2 Å². The lowest BCUT2D eigenvalue weighted by molar-refractivity contribution is 0.0512. The Kier molecular flexibility index (Phi) is 4.87. The van der Waals surface area contributed by atoms with Crippen LogP contribution in [0.3, 0.4) is 0 Å². The fraction of sp³-hybridized carbons (Fsp3) is 0.312. The van der Waals surface area contributed by atoms with Gasteiger partial charge in [0.25, 0.3) is 0 Å². The topological polar surface area (TPSA) is 69.4 Å². The molecule has 0 N–H and O–H groups in total.